The lowest BCUT2D eigenvalue weighted by molar-refractivity contribution is -0.148. The molecule has 0 aliphatic carbocycles. The molecule has 6 nitrogen and oxygen atoms in total. The summed E-state index contributed by atoms with van der Waals surface area (Å²) in [6.07, 6.45) is -3.13. The van der Waals surface area contributed by atoms with Crippen LogP contribution in [-0.4, -0.2) is 44.5 Å². The molecular weight excluding hydrogens is 375 g/mol. The van der Waals surface area contributed by atoms with Crippen LogP contribution < -0.4 is 4.90 Å². The molecule has 0 radical (unpaired) electrons. The average Bonchev–Trinajstić information content (AvgIpc) is 2.64. The number of carbonyl (C=O) groups is 1. The van der Waals surface area contributed by atoms with Crippen LogP contribution in [0.1, 0.15) is 18.1 Å². The highest BCUT2D eigenvalue weighted by Gasteiger charge is 2.32. The highest BCUT2D eigenvalue weighted by molar-refractivity contribution is 5.82. The molecule has 2 aromatic rings. The number of alkyl halides is 3. The molecular formula is C19H20F3N3O3. The van der Waals surface area contributed by atoms with Crippen molar-refractivity contribution in [3.05, 3.63) is 47.5 Å². The van der Waals surface area contributed by atoms with Gasteiger partial charge in [-0.3, -0.25) is 0 Å². The summed E-state index contributed by atoms with van der Waals surface area (Å²) in [6.45, 7) is 1.59. The highest BCUT2D eigenvalue weighted by Crippen LogP contribution is 2.33. The van der Waals surface area contributed by atoms with Gasteiger partial charge >= 0.3 is 12.1 Å². The predicted molar refractivity (Wildman–Crippen MR) is 99.2 cm³/mol. The van der Waals surface area contributed by atoms with E-state index in [9.17, 15) is 18.0 Å². The number of rotatable bonds is 7. The maximum absolute atomic E-state index is 13.2. The summed E-state index contributed by atoms with van der Waals surface area (Å²) < 4.78 is 44.3. The number of benzene rings is 1. The number of ether oxygens (including phenoxy) is 1. The third kappa shape index (κ3) is 5.97. The molecule has 0 saturated heterocycles. The van der Waals surface area contributed by atoms with Crippen molar-refractivity contribution >= 4 is 18.0 Å². The zero-order valence-corrected chi connectivity index (χ0v) is 15.7. The Morgan fingerprint density at radius 3 is 2.64 bits per heavy atom. The molecule has 0 bridgehead atoms. The minimum atomic E-state index is -4.48. The van der Waals surface area contributed by atoms with E-state index in [0.717, 1.165) is 12.1 Å². The number of anilines is 1. The summed E-state index contributed by atoms with van der Waals surface area (Å²) in [5.41, 5.74) is 0.467. The Hall–Kier alpha value is -3.10. The molecule has 0 amide bonds. The van der Waals surface area contributed by atoms with E-state index in [4.69, 9.17) is 9.57 Å². The Balaban J connectivity index is 2.25. The largest absolute Gasteiger partial charge is 0.463 e. The molecule has 28 heavy (non-hydrogen) atoms. The van der Waals surface area contributed by atoms with Crippen LogP contribution in [0.25, 0.3) is 11.3 Å². The van der Waals surface area contributed by atoms with Crippen LogP contribution in [0.2, 0.25) is 0 Å². The van der Waals surface area contributed by atoms with E-state index in [1.807, 2.05) is 0 Å². The normalized spacial score (nSPS) is 11.5. The lowest BCUT2D eigenvalue weighted by Crippen LogP contribution is -2.14. The fraction of sp³-hybridized carbons (Fsp3) is 0.316. The van der Waals surface area contributed by atoms with Crippen LogP contribution in [0, 0.1) is 0 Å². The van der Waals surface area contributed by atoms with E-state index in [1.165, 1.54) is 11.1 Å². The van der Waals surface area contributed by atoms with Gasteiger partial charge in [0, 0.05) is 19.7 Å². The number of hydrogen-bond donors (Lipinski definition) is 0. The maximum atomic E-state index is 13.2. The van der Waals surface area contributed by atoms with Gasteiger partial charge in [0.25, 0.3) is 0 Å². The molecule has 0 N–H and O–H groups in total. The molecule has 2 rings (SSSR count). The molecule has 0 unspecified atom stereocenters. The Morgan fingerprint density at radius 2 is 2.00 bits per heavy atom. The third-order valence-corrected chi connectivity index (χ3v) is 3.54. The predicted octanol–water partition coefficient (Wildman–Crippen LogP) is 3.75. The van der Waals surface area contributed by atoms with Gasteiger partial charge in [-0.25, -0.2) is 9.78 Å². The van der Waals surface area contributed by atoms with Gasteiger partial charge in [-0.2, -0.15) is 13.2 Å². The Kier molecular flexibility index (Phi) is 6.97. The minimum Gasteiger partial charge on any atom is -0.463 e. The molecule has 1 aromatic heterocycles. The van der Waals surface area contributed by atoms with Gasteiger partial charge in [0.1, 0.15) is 5.82 Å². The van der Waals surface area contributed by atoms with E-state index in [0.29, 0.717) is 11.1 Å². The third-order valence-electron chi connectivity index (χ3n) is 3.54. The standard InChI is InChI=1S/C19H20F3N3O3/c1-4-27-18(26)12-28-23-11-13-6-5-7-14(8-13)16-9-15(19(20,21)22)10-17(24-16)25(2)3/h5-11H,4,12H2,1-3H3/b23-11-. The molecule has 0 fully saturated rings. The zero-order valence-electron chi connectivity index (χ0n) is 15.7. The van der Waals surface area contributed by atoms with Crippen LogP contribution in [0.15, 0.2) is 41.6 Å². The maximum Gasteiger partial charge on any atom is 0.416 e. The van der Waals surface area contributed by atoms with Gasteiger partial charge in [0.2, 0.25) is 6.61 Å². The van der Waals surface area contributed by atoms with Gasteiger partial charge in [-0.05, 0) is 30.7 Å². The van der Waals surface area contributed by atoms with Gasteiger partial charge < -0.3 is 14.5 Å². The van der Waals surface area contributed by atoms with Gasteiger partial charge in [-0.1, -0.05) is 23.4 Å². The summed E-state index contributed by atoms with van der Waals surface area (Å²) in [7, 11) is 3.24. The van der Waals surface area contributed by atoms with Crippen molar-refractivity contribution in [2.45, 2.75) is 13.1 Å². The number of oxime groups is 1. The fourth-order valence-electron chi connectivity index (χ4n) is 2.23. The minimum absolute atomic E-state index is 0.182. The van der Waals surface area contributed by atoms with Crippen molar-refractivity contribution in [3.63, 3.8) is 0 Å². The van der Waals surface area contributed by atoms with E-state index >= 15 is 0 Å². The second kappa shape index (κ2) is 9.20. The van der Waals surface area contributed by atoms with E-state index < -0.39 is 17.7 Å². The van der Waals surface area contributed by atoms with Crippen LogP contribution in [0.5, 0.6) is 0 Å². The fourth-order valence-corrected chi connectivity index (χ4v) is 2.23. The summed E-state index contributed by atoms with van der Waals surface area (Å²) >= 11 is 0. The molecule has 1 aromatic carbocycles. The van der Waals surface area contributed by atoms with Crippen LogP contribution in [-0.2, 0) is 20.5 Å². The molecule has 0 spiro atoms. The number of pyridine rings is 1. The zero-order chi connectivity index (χ0) is 20.7. The topological polar surface area (TPSA) is 64.0 Å². The van der Waals surface area contributed by atoms with Crippen molar-refractivity contribution < 1.29 is 27.5 Å². The quantitative estimate of drug-likeness (QED) is 0.406. The molecule has 0 aliphatic rings. The number of halogens is 3. The van der Waals surface area contributed by atoms with Crippen molar-refractivity contribution in [1.82, 2.24) is 4.98 Å². The molecule has 1 heterocycles. The Labute approximate surface area is 160 Å². The summed E-state index contributed by atoms with van der Waals surface area (Å²) in [6, 6.07) is 8.64. The number of esters is 1. The summed E-state index contributed by atoms with van der Waals surface area (Å²) in [4.78, 5) is 21.8. The van der Waals surface area contributed by atoms with E-state index in [1.54, 1.807) is 45.3 Å². The first-order chi connectivity index (χ1) is 13.2. The second-order valence-electron chi connectivity index (χ2n) is 5.93. The smallest absolute Gasteiger partial charge is 0.416 e. The van der Waals surface area contributed by atoms with Gasteiger partial charge in [0.05, 0.1) is 24.1 Å². The molecule has 0 atom stereocenters. The molecule has 0 aliphatic heterocycles. The first-order valence-electron chi connectivity index (χ1n) is 8.38. The monoisotopic (exact) mass is 395 g/mol. The van der Waals surface area contributed by atoms with Crippen LogP contribution in [0.3, 0.4) is 0 Å². The van der Waals surface area contributed by atoms with Crippen molar-refractivity contribution in [2.75, 3.05) is 32.2 Å². The summed E-state index contributed by atoms with van der Waals surface area (Å²) in [5, 5.41) is 3.67. The number of aromatic nitrogens is 1. The van der Waals surface area contributed by atoms with Crippen molar-refractivity contribution in [3.8, 4) is 11.3 Å². The average molecular weight is 395 g/mol. The first kappa shape index (κ1) is 21.2. The lowest BCUT2D eigenvalue weighted by atomic mass is 10.1. The lowest BCUT2D eigenvalue weighted by Gasteiger charge is -2.16. The number of hydrogen-bond acceptors (Lipinski definition) is 6. The second-order valence-corrected chi connectivity index (χ2v) is 5.93. The molecule has 9 heteroatoms. The van der Waals surface area contributed by atoms with Crippen molar-refractivity contribution in [1.29, 1.82) is 0 Å². The van der Waals surface area contributed by atoms with Crippen molar-refractivity contribution in [2.24, 2.45) is 5.16 Å². The highest BCUT2D eigenvalue weighted by atomic mass is 19.4. The SMILES string of the molecule is CCOC(=O)CO/N=C\c1cccc(-c2cc(C(F)(F)F)cc(N(C)C)n2)c1. The Bertz CT molecular complexity index is 852. The number of nitrogens with zero attached hydrogens (tertiary/aromatic N) is 3. The molecule has 0 saturated carbocycles. The van der Waals surface area contributed by atoms with Crippen LogP contribution in [0.4, 0.5) is 19.0 Å². The summed E-state index contributed by atoms with van der Waals surface area (Å²) in [5.74, 6) is -0.348. The molecule has 150 valence electrons. The van der Waals surface area contributed by atoms with E-state index in [-0.39, 0.29) is 24.7 Å². The van der Waals surface area contributed by atoms with Gasteiger partial charge in [0.15, 0.2) is 0 Å². The Morgan fingerprint density at radius 1 is 1.25 bits per heavy atom. The van der Waals surface area contributed by atoms with E-state index in [2.05, 4.69) is 10.1 Å². The van der Waals surface area contributed by atoms with Gasteiger partial charge in [-0.15, -0.1) is 0 Å². The van der Waals surface area contributed by atoms with Crippen LogP contribution >= 0.6 is 0 Å². The first-order valence-corrected chi connectivity index (χ1v) is 8.38. The number of carbonyl (C=O) groups excluding carboxylic acids is 1.